The Balaban J connectivity index is 2.20. The lowest BCUT2D eigenvalue weighted by Gasteiger charge is -2.18. The molecule has 2 rings (SSSR count). The molecule has 1 N–H and O–H groups in total. The molecule has 0 amide bonds. The predicted octanol–water partition coefficient (Wildman–Crippen LogP) is 5.10. The SMILES string of the molecule is FC(F)(F)c1ccc(NC(C#Cc2ccccc2)C(F)(F)F)cc1. The molecule has 0 aliphatic heterocycles. The van der Waals surface area contributed by atoms with E-state index < -0.39 is 24.0 Å². The van der Waals surface area contributed by atoms with Gasteiger partial charge in [-0.25, -0.2) is 0 Å². The Kier molecular flexibility index (Phi) is 5.07. The van der Waals surface area contributed by atoms with Gasteiger partial charge in [0.2, 0.25) is 0 Å². The Morgan fingerprint density at radius 2 is 1.38 bits per heavy atom. The van der Waals surface area contributed by atoms with Gasteiger partial charge in [0.05, 0.1) is 5.56 Å². The molecule has 2 aromatic rings. The van der Waals surface area contributed by atoms with Gasteiger partial charge in [-0.1, -0.05) is 30.0 Å². The van der Waals surface area contributed by atoms with Crippen LogP contribution in [0.1, 0.15) is 11.1 Å². The van der Waals surface area contributed by atoms with Crippen LogP contribution in [0.4, 0.5) is 32.0 Å². The number of hydrogen-bond donors (Lipinski definition) is 1. The van der Waals surface area contributed by atoms with E-state index in [9.17, 15) is 26.3 Å². The molecule has 0 fully saturated rings. The molecular weight excluding hydrogens is 332 g/mol. The fourth-order valence-electron chi connectivity index (χ4n) is 1.80. The molecule has 0 heterocycles. The normalized spacial score (nSPS) is 12.9. The maximum Gasteiger partial charge on any atom is 0.420 e. The van der Waals surface area contributed by atoms with Crippen LogP contribution in [0.3, 0.4) is 0 Å². The lowest BCUT2D eigenvalue weighted by molar-refractivity contribution is -0.137. The van der Waals surface area contributed by atoms with E-state index in [1.54, 1.807) is 30.3 Å². The van der Waals surface area contributed by atoms with Gasteiger partial charge in [-0.15, -0.1) is 0 Å². The highest BCUT2D eigenvalue weighted by Gasteiger charge is 2.39. The van der Waals surface area contributed by atoms with Crippen molar-refractivity contribution in [1.82, 2.24) is 0 Å². The summed E-state index contributed by atoms with van der Waals surface area (Å²) in [5.74, 6) is 4.46. The molecule has 0 aliphatic carbocycles. The van der Waals surface area contributed by atoms with Crippen molar-refractivity contribution in [3.8, 4) is 11.8 Å². The fraction of sp³-hybridized carbons (Fsp3) is 0.176. The molecule has 0 spiro atoms. The quantitative estimate of drug-likeness (QED) is 0.591. The third-order valence-electron chi connectivity index (χ3n) is 2.99. The minimum absolute atomic E-state index is 0.104. The van der Waals surface area contributed by atoms with Gasteiger partial charge in [-0.2, -0.15) is 26.3 Å². The topological polar surface area (TPSA) is 12.0 Å². The van der Waals surface area contributed by atoms with E-state index in [2.05, 4.69) is 17.2 Å². The first kappa shape index (κ1) is 17.7. The summed E-state index contributed by atoms with van der Waals surface area (Å²) < 4.78 is 76.5. The average Bonchev–Trinajstić information content (AvgIpc) is 2.51. The van der Waals surface area contributed by atoms with Gasteiger partial charge in [-0.05, 0) is 36.4 Å². The number of hydrogen-bond acceptors (Lipinski definition) is 1. The largest absolute Gasteiger partial charge is 0.420 e. The van der Waals surface area contributed by atoms with Crippen molar-refractivity contribution in [1.29, 1.82) is 0 Å². The summed E-state index contributed by atoms with van der Waals surface area (Å²) in [6.45, 7) is 0. The smallest absolute Gasteiger partial charge is 0.364 e. The van der Waals surface area contributed by atoms with Gasteiger partial charge < -0.3 is 5.32 Å². The van der Waals surface area contributed by atoms with Gasteiger partial charge in [0.1, 0.15) is 0 Å². The van der Waals surface area contributed by atoms with Crippen molar-refractivity contribution < 1.29 is 26.3 Å². The maximum absolute atomic E-state index is 13.0. The molecule has 1 unspecified atom stereocenters. The molecule has 1 atom stereocenters. The number of benzene rings is 2. The predicted molar refractivity (Wildman–Crippen MR) is 78.2 cm³/mol. The molecule has 0 saturated carbocycles. The lowest BCUT2D eigenvalue weighted by Crippen LogP contribution is -2.34. The molecule has 2 aromatic carbocycles. The molecule has 1 nitrogen and oxygen atoms in total. The first-order chi connectivity index (χ1) is 11.2. The molecule has 0 bridgehead atoms. The van der Waals surface area contributed by atoms with Gasteiger partial charge in [0.25, 0.3) is 0 Å². The van der Waals surface area contributed by atoms with E-state index in [1.165, 1.54) is 0 Å². The van der Waals surface area contributed by atoms with Gasteiger partial charge in [-0.3, -0.25) is 0 Å². The highest BCUT2D eigenvalue weighted by Crippen LogP contribution is 2.30. The molecule has 0 aromatic heterocycles. The average molecular weight is 343 g/mol. The summed E-state index contributed by atoms with van der Waals surface area (Å²) in [5.41, 5.74) is -0.638. The van der Waals surface area contributed by atoms with Crippen molar-refractivity contribution in [2.75, 3.05) is 5.32 Å². The van der Waals surface area contributed by atoms with E-state index in [4.69, 9.17) is 0 Å². The highest BCUT2D eigenvalue weighted by atomic mass is 19.4. The Labute approximate surface area is 134 Å². The molecule has 0 aliphatic rings. The number of rotatable bonds is 2. The number of nitrogens with one attached hydrogen (secondary N) is 1. The Hall–Kier alpha value is -2.62. The van der Waals surface area contributed by atoms with E-state index in [-0.39, 0.29) is 5.69 Å². The van der Waals surface area contributed by atoms with E-state index in [0.29, 0.717) is 17.7 Å². The zero-order chi connectivity index (χ0) is 17.8. The van der Waals surface area contributed by atoms with Crippen molar-refractivity contribution >= 4 is 5.69 Å². The van der Waals surface area contributed by atoms with E-state index in [1.807, 2.05) is 0 Å². The molecule has 0 saturated heterocycles. The summed E-state index contributed by atoms with van der Waals surface area (Å²) in [6.07, 6.45) is -9.22. The van der Waals surface area contributed by atoms with Crippen LogP contribution in [0.15, 0.2) is 54.6 Å². The molecular formula is C17H11F6N. The van der Waals surface area contributed by atoms with E-state index >= 15 is 0 Å². The second-order valence-electron chi connectivity index (χ2n) is 4.83. The van der Waals surface area contributed by atoms with Crippen molar-refractivity contribution in [2.24, 2.45) is 0 Å². The molecule has 126 valence electrons. The second-order valence-corrected chi connectivity index (χ2v) is 4.83. The summed E-state index contributed by atoms with van der Waals surface area (Å²) in [4.78, 5) is 0. The van der Waals surface area contributed by atoms with Crippen LogP contribution >= 0.6 is 0 Å². The third kappa shape index (κ3) is 4.95. The number of anilines is 1. The third-order valence-corrected chi connectivity index (χ3v) is 2.99. The fourth-order valence-corrected chi connectivity index (χ4v) is 1.80. The summed E-state index contributed by atoms with van der Waals surface area (Å²) in [5, 5.41) is 2.10. The minimum Gasteiger partial charge on any atom is -0.364 e. The van der Waals surface area contributed by atoms with E-state index in [0.717, 1.165) is 12.1 Å². The second kappa shape index (κ2) is 6.87. The van der Waals surface area contributed by atoms with Crippen LogP contribution < -0.4 is 5.32 Å². The standard InChI is InChI=1S/C17H11F6N/c18-16(19,20)13-7-9-14(10-8-13)24-15(17(21,22)23)11-6-12-4-2-1-3-5-12/h1-5,7-10,15,24H. The van der Waals surface area contributed by atoms with Gasteiger partial charge in [0, 0.05) is 11.3 Å². The zero-order valence-electron chi connectivity index (χ0n) is 12.0. The van der Waals surface area contributed by atoms with Crippen LogP contribution in [0.5, 0.6) is 0 Å². The van der Waals surface area contributed by atoms with Crippen LogP contribution in [-0.4, -0.2) is 12.2 Å². The van der Waals surface area contributed by atoms with Crippen molar-refractivity contribution in [3.05, 3.63) is 65.7 Å². The van der Waals surface area contributed by atoms with Gasteiger partial charge >= 0.3 is 12.4 Å². The Bertz CT molecular complexity index is 720. The molecule has 24 heavy (non-hydrogen) atoms. The summed E-state index contributed by atoms with van der Waals surface area (Å²) >= 11 is 0. The Morgan fingerprint density at radius 1 is 0.792 bits per heavy atom. The zero-order valence-corrected chi connectivity index (χ0v) is 12.0. The molecule has 7 heteroatoms. The first-order valence-corrected chi connectivity index (χ1v) is 6.73. The summed E-state index contributed by atoms with van der Waals surface area (Å²) in [7, 11) is 0. The number of halogens is 6. The van der Waals surface area contributed by atoms with Crippen LogP contribution in [-0.2, 0) is 6.18 Å². The minimum atomic E-state index is -4.68. The first-order valence-electron chi connectivity index (χ1n) is 6.73. The van der Waals surface area contributed by atoms with Crippen LogP contribution in [0, 0.1) is 11.8 Å². The van der Waals surface area contributed by atoms with Crippen molar-refractivity contribution in [2.45, 2.75) is 18.4 Å². The highest BCUT2D eigenvalue weighted by molar-refractivity contribution is 5.49. The maximum atomic E-state index is 13.0. The summed E-state index contributed by atoms with van der Waals surface area (Å²) in [6, 6.07) is 9.17. The van der Waals surface area contributed by atoms with Crippen molar-refractivity contribution in [3.63, 3.8) is 0 Å². The number of alkyl halides is 6. The monoisotopic (exact) mass is 343 g/mol. The van der Waals surface area contributed by atoms with Gasteiger partial charge in [0.15, 0.2) is 6.04 Å². The Morgan fingerprint density at radius 3 is 1.88 bits per heavy atom. The van der Waals surface area contributed by atoms with Crippen LogP contribution in [0.25, 0.3) is 0 Å². The lowest BCUT2D eigenvalue weighted by atomic mass is 10.1. The van der Waals surface area contributed by atoms with Crippen LogP contribution in [0.2, 0.25) is 0 Å². The molecule has 0 radical (unpaired) electrons.